The lowest BCUT2D eigenvalue weighted by atomic mass is 10.3. The number of para-hydroxylation sites is 1. The van der Waals surface area contributed by atoms with Crippen molar-refractivity contribution in [3.8, 4) is 0 Å². The van der Waals surface area contributed by atoms with E-state index in [0.717, 1.165) is 5.69 Å². The van der Waals surface area contributed by atoms with Crippen molar-refractivity contribution in [3.05, 3.63) is 41.0 Å². The second kappa shape index (κ2) is 5.35. The molecule has 0 N–H and O–H groups in total. The van der Waals surface area contributed by atoms with Crippen LogP contribution < -0.4 is 4.90 Å². The second-order valence-electron chi connectivity index (χ2n) is 3.98. The average molecular weight is 265 g/mol. The van der Waals surface area contributed by atoms with Crippen LogP contribution in [0.5, 0.6) is 0 Å². The summed E-state index contributed by atoms with van der Waals surface area (Å²) in [5.74, 6) is 0.574. The number of benzene rings is 1. The molecule has 5 heteroatoms. The summed E-state index contributed by atoms with van der Waals surface area (Å²) in [5.41, 5.74) is 0.769. The SMILES string of the molecule is CC1=C(C(=O)N(C)c2ccccc2)S(=O)CCO1. The van der Waals surface area contributed by atoms with Crippen LogP contribution >= 0.6 is 0 Å². The molecule has 0 saturated carbocycles. The van der Waals surface area contributed by atoms with Gasteiger partial charge in [-0.25, -0.2) is 0 Å². The van der Waals surface area contributed by atoms with Crippen molar-refractivity contribution in [3.63, 3.8) is 0 Å². The largest absolute Gasteiger partial charge is 0.496 e. The van der Waals surface area contributed by atoms with Crippen LogP contribution in [0.4, 0.5) is 5.69 Å². The van der Waals surface area contributed by atoms with Crippen LogP contribution in [0.2, 0.25) is 0 Å². The van der Waals surface area contributed by atoms with E-state index in [1.54, 1.807) is 14.0 Å². The predicted octanol–water partition coefficient (Wildman–Crippen LogP) is 1.66. The molecule has 1 atom stereocenters. The molecule has 0 spiro atoms. The van der Waals surface area contributed by atoms with Gasteiger partial charge in [0.25, 0.3) is 5.91 Å². The van der Waals surface area contributed by atoms with Crippen molar-refractivity contribution >= 4 is 22.4 Å². The van der Waals surface area contributed by atoms with Gasteiger partial charge < -0.3 is 9.64 Å². The number of anilines is 1. The molecule has 96 valence electrons. The van der Waals surface area contributed by atoms with E-state index >= 15 is 0 Å². The highest BCUT2D eigenvalue weighted by atomic mass is 32.2. The first-order valence-corrected chi connectivity index (χ1v) is 6.98. The monoisotopic (exact) mass is 265 g/mol. The maximum atomic E-state index is 12.3. The minimum atomic E-state index is -1.27. The van der Waals surface area contributed by atoms with Crippen LogP contribution in [0, 0.1) is 0 Å². The number of carbonyl (C=O) groups is 1. The number of nitrogens with zero attached hydrogens (tertiary/aromatic N) is 1. The summed E-state index contributed by atoms with van der Waals surface area (Å²) in [4.78, 5) is 14.1. The van der Waals surface area contributed by atoms with Crippen LogP contribution in [0.1, 0.15) is 6.92 Å². The zero-order valence-corrected chi connectivity index (χ0v) is 11.2. The molecule has 1 aliphatic heterocycles. The van der Waals surface area contributed by atoms with Gasteiger partial charge >= 0.3 is 0 Å². The van der Waals surface area contributed by atoms with E-state index in [1.165, 1.54) is 4.90 Å². The van der Waals surface area contributed by atoms with E-state index in [4.69, 9.17) is 4.74 Å². The molecule has 0 aromatic heterocycles. The maximum Gasteiger partial charge on any atom is 0.270 e. The molecule has 0 bridgehead atoms. The fourth-order valence-corrected chi connectivity index (χ4v) is 2.92. The average Bonchev–Trinajstić information content (AvgIpc) is 2.38. The van der Waals surface area contributed by atoms with Crippen molar-refractivity contribution in [1.29, 1.82) is 0 Å². The summed E-state index contributed by atoms with van der Waals surface area (Å²) in [6.07, 6.45) is 0. The highest BCUT2D eigenvalue weighted by Crippen LogP contribution is 2.21. The van der Waals surface area contributed by atoms with Crippen molar-refractivity contribution in [2.24, 2.45) is 0 Å². The minimum Gasteiger partial charge on any atom is -0.496 e. The number of allylic oxidation sites excluding steroid dienone is 1. The molecule has 18 heavy (non-hydrogen) atoms. The fourth-order valence-electron chi connectivity index (χ4n) is 1.77. The molecule has 0 saturated heterocycles. The Balaban J connectivity index is 2.29. The first-order valence-electron chi connectivity index (χ1n) is 5.66. The molecular weight excluding hydrogens is 250 g/mol. The summed E-state index contributed by atoms with van der Waals surface area (Å²) < 4.78 is 17.2. The minimum absolute atomic E-state index is 0.267. The van der Waals surface area contributed by atoms with E-state index in [1.807, 2.05) is 30.3 Å². The van der Waals surface area contributed by atoms with Gasteiger partial charge in [-0.15, -0.1) is 0 Å². The van der Waals surface area contributed by atoms with E-state index in [-0.39, 0.29) is 10.8 Å². The van der Waals surface area contributed by atoms with Gasteiger partial charge in [-0.1, -0.05) is 18.2 Å². The molecule has 1 unspecified atom stereocenters. The fraction of sp³-hybridized carbons (Fsp3) is 0.308. The number of hydrogen-bond donors (Lipinski definition) is 0. The number of ether oxygens (including phenoxy) is 1. The Labute approximate surface area is 109 Å². The Kier molecular flexibility index (Phi) is 3.81. The van der Waals surface area contributed by atoms with Crippen LogP contribution in [-0.2, 0) is 20.3 Å². The lowest BCUT2D eigenvalue weighted by Gasteiger charge is -2.22. The molecule has 1 heterocycles. The topological polar surface area (TPSA) is 46.6 Å². The zero-order chi connectivity index (χ0) is 13.1. The van der Waals surface area contributed by atoms with E-state index in [0.29, 0.717) is 18.1 Å². The van der Waals surface area contributed by atoms with Crippen molar-refractivity contribution in [1.82, 2.24) is 0 Å². The van der Waals surface area contributed by atoms with Crippen LogP contribution in [-0.4, -0.2) is 29.5 Å². The van der Waals surface area contributed by atoms with Crippen molar-refractivity contribution in [2.45, 2.75) is 6.92 Å². The molecule has 1 aromatic carbocycles. The Morgan fingerprint density at radius 1 is 1.33 bits per heavy atom. The van der Waals surface area contributed by atoms with Crippen LogP contribution in [0.25, 0.3) is 0 Å². The standard InChI is InChI=1S/C13H15NO3S/c1-10-12(18(16)9-8-17-10)13(15)14(2)11-6-4-3-5-7-11/h3-7H,8-9H2,1-2H3. The van der Waals surface area contributed by atoms with E-state index < -0.39 is 10.8 Å². The second-order valence-corrected chi connectivity index (χ2v) is 5.49. The first-order chi connectivity index (χ1) is 8.61. The molecule has 1 amide bonds. The maximum absolute atomic E-state index is 12.3. The van der Waals surface area contributed by atoms with Gasteiger partial charge in [0.15, 0.2) is 0 Å². The van der Waals surface area contributed by atoms with Gasteiger partial charge in [-0.3, -0.25) is 9.00 Å². The van der Waals surface area contributed by atoms with E-state index in [9.17, 15) is 9.00 Å². The van der Waals surface area contributed by atoms with Crippen LogP contribution in [0.3, 0.4) is 0 Å². The summed E-state index contributed by atoms with van der Waals surface area (Å²) in [6, 6.07) is 9.26. The number of likely N-dealkylation sites (N-methyl/N-ethyl adjacent to an activating group) is 1. The normalized spacial score (nSPS) is 19.3. The van der Waals surface area contributed by atoms with Crippen molar-refractivity contribution < 1.29 is 13.7 Å². The van der Waals surface area contributed by atoms with Gasteiger partial charge in [-0.2, -0.15) is 0 Å². The Morgan fingerprint density at radius 2 is 2.00 bits per heavy atom. The number of amides is 1. The zero-order valence-electron chi connectivity index (χ0n) is 10.4. The van der Waals surface area contributed by atoms with Gasteiger partial charge in [-0.05, 0) is 19.1 Å². The highest BCUT2D eigenvalue weighted by molar-refractivity contribution is 7.90. The summed E-state index contributed by atoms with van der Waals surface area (Å²) >= 11 is 0. The van der Waals surface area contributed by atoms with E-state index in [2.05, 4.69) is 0 Å². The first kappa shape index (κ1) is 12.8. The number of hydrogen-bond acceptors (Lipinski definition) is 3. The summed E-state index contributed by atoms with van der Waals surface area (Å²) in [6.45, 7) is 2.09. The third kappa shape index (κ3) is 2.46. The highest BCUT2D eigenvalue weighted by Gasteiger charge is 2.27. The third-order valence-electron chi connectivity index (χ3n) is 2.78. The Morgan fingerprint density at radius 3 is 2.61 bits per heavy atom. The van der Waals surface area contributed by atoms with Gasteiger partial charge in [0.05, 0.1) is 23.2 Å². The van der Waals surface area contributed by atoms with Crippen LogP contribution in [0.15, 0.2) is 41.0 Å². The molecule has 4 nitrogen and oxygen atoms in total. The molecule has 2 rings (SSSR count). The van der Waals surface area contributed by atoms with Crippen molar-refractivity contribution in [2.75, 3.05) is 24.3 Å². The van der Waals surface area contributed by atoms with Gasteiger partial charge in [0, 0.05) is 12.7 Å². The third-order valence-corrected chi connectivity index (χ3v) is 4.23. The van der Waals surface area contributed by atoms with Gasteiger partial charge in [0.2, 0.25) is 0 Å². The molecule has 0 fully saturated rings. The molecule has 0 radical (unpaired) electrons. The molecule has 1 aliphatic rings. The molecular formula is C13H15NO3S. The summed E-state index contributed by atoms with van der Waals surface area (Å²) in [5, 5.41) is 0. The predicted molar refractivity (Wildman–Crippen MR) is 71.5 cm³/mol. The Hall–Kier alpha value is -1.62. The smallest absolute Gasteiger partial charge is 0.270 e. The Bertz CT molecular complexity index is 510. The van der Waals surface area contributed by atoms with Gasteiger partial charge in [0.1, 0.15) is 10.7 Å². The lowest BCUT2D eigenvalue weighted by Crippen LogP contribution is -2.33. The molecule has 0 aliphatic carbocycles. The summed E-state index contributed by atoms with van der Waals surface area (Å²) in [7, 11) is 0.401. The molecule has 1 aromatic rings. The lowest BCUT2D eigenvalue weighted by molar-refractivity contribution is -0.114. The quantitative estimate of drug-likeness (QED) is 0.817. The number of rotatable bonds is 2. The number of carbonyl (C=O) groups excluding carboxylic acids is 1.